The summed E-state index contributed by atoms with van der Waals surface area (Å²) in [6.07, 6.45) is -0.417. The number of allylic oxidation sites excluding steroid dienone is 1. The predicted molar refractivity (Wildman–Crippen MR) is 102 cm³/mol. The average molecular weight is 432 g/mol. The van der Waals surface area contributed by atoms with Crippen molar-refractivity contribution in [2.75, 3.05) is 0 Å². The fourth-order valence-corrected chi connectivity index (χ4v) is 4.64. The van der Waals surface area contributed by atoms with Crippen molar-refractivity contribution in [3.8, 4) is 11.5 Å². The SMILES string of the molecule is Cc1c2c(c(O)c3c(O)ccc(Cl)c13)C(=O)[C@]1(O)C(=O)C(C(N)=O)=C(O)C(=O)C1C2. The number of rotatable bonds is 1. The molecule has 10 heteroatoms. The molecule has 0 aromatic heterocycles. The Morgan fingerprint density at radius 3 is 2.37 bits per heavy atom. The van der Waals surface area contributed by atoms with Crippen LogP contribution < -0.4 is 5.73 Å². The number of ketones is 3. The summed E-state index contributed by atoms with van der Waals surface area (Å²) in [5.41, 5.74) is 0.778. The van der Waals surface area contributed by atoms with E-state index in [1.54, 1.807) is 0 Å². The first-order valence-electron chi connectivity index (χ1n) is 8.69. The standard InChI is InChI=1S/C20H14ClNO8/c1-5-6-4-7-14(24)16(26)13(19(22)29)18(28)20(7,30)17(27)11(6)15(25)12-9(23)3-2-8(21)10(5)12/h2-3,7,23,25-26,30H,4H2,1H3,(H2,22,29)/t7?,20-/m0/s1. The van der Waals surface area contributed by atoms with Crippen molar-refractivity contribution < 1.29 is 39.6 Å². The number of benzene rings is 2. The molecule has 0 aliphatic heterocycles. The molecule has 2 aliphatic carbocycles. The molecule has 2 atom stereocenters. The minimum absolute atomic E-state index is 0.114. The molecule has 0 fully saturated rings. The lowest BCUT2D eigenvalue weighted by molar-refractivity contribution is -0.146. The quantitative estimate of drug-likeness (QED) is 0.324. The van der Waals surface area contributed by atoms with Crippen LogP contribution in [-0.4, -0.2) is 49.3 Å². The van der Waals surface area contributed by atoms with Gasteiger partial charge in [-0.25, -0.2) is 0 Å². The molecule has 30 heavy (non-hydrogen) atoms. The van der Waals surface area contributed by atoms with Crippen molar-refractivity contribution in [3.63, 3.8) is 0 Å². The van der Waals surface area contributed by atoms with Gasteiger partial charge in [-0.05, 0) is 36.6 Å². The lowest BCUT2D eigenvalue weighted by atomic mass is 9.62. The summed E-state index contributed by atoms with van der Waals surface area (Å²) in [5, 5.41) is 42.2. The Balaban J connectivity index is 2.10. The van der Waals surface area contributed by atoms with E-state index in [1.165, 1.54) is 19.1 Å². The van der Waals surface area contributed by atoms with Crippen LogP contribution in [0.5, 0.6) is 11.5 Å². The number of nitrogens with two attached hydrogens (primary N) is 1. The molecule has 0 heterocycles. The van der Waals surface area contributed by atoms with E-state index in [1.807, 2.05) is 0 Å². The van der Waals surface area contributed by atoms with Crippen LogP contribution in [0, 0.1) is 12.8 Å². The first kappa shape index (κ1) is 19.9. The fraction of sp³-hybridized carbons (Fsp3) is 0.200. The number of hydrogen-bond acceptors (Lipinski definition) is 8. The van der Waals surface area contributed by atoms with Crippen molar-refractivity contribution >= 4 is 45.6 Å². The Morgan fingerprint density at radius 1 is 1.13 bits per heavy atom. The van der Waals surface area contributed by atoms with E-state index in [0.29, 0.717) is 5.56 Å². The molecular formula is C20H14ClNO8. The Hall–Kier alpha value is -3.43. The van der Waals surface area contributed by atoms with Gasteiger partial charge in [0, 0.05) is 10.4 Å². The maximum atomic E-state index is 13.3. The highest BCUT2D eigenvalue weighted by atomic mass is 35.5. The summed E-state index contributed by atoms with van der Waals surface area (Å²) in [5.74, 6) is -9.66. The molecule has 0 saturated heterocycles. The largest absolute Gasteiger partial charge is 0.507 e. The summed E-state index contributed by atoms with van der Waals surface area (Å²) in [6.45, 7) is 1.53. The third kappa shape index (κ3) is 2.16. The van der Waals surface area contributed by atoms with Gasteiger partial charge in [-0.15, -0.1) is 0 Å². The predicted octanol–water partition coefficient (Wildman–Crippen LogP) is 0.748. The molecule has 154 valence electrons. The molecule has 2 aliphatic rings. The maximum Gasteiger partial charge on any atom is 0.256 e. The smallest absolute Gasteiger partial charge is 0.256 e. The van der Waals surface area contributed by atoms with Crippen molar-refractivity contribution in [2.45, 2.75) is 18.9 Å². The Morgan fingerprint density at radius 2 is 1.77 bits per heavy atom. The summed E-state index contributed by atoms with van der Waals surface area (Å²) >= 11 is 6.20. The molecule has 2 aromatic carbocycles. The van der Waals surface area contributed by atoms with Gasteiger partial charge in [-0.2, -0.15) is 0 Å². The molecule has 1 unspecified atom stereocenters. The number of halogens is 1. The van der Waals surface area contributed by atoms with Gasteiger partial charge >= 0.3 is 0 Å². The number of carbonyl (C=O) groups is 4. The van der Waals surface area contributed by atoms with Crippen molar-refractivity contribution in [3.05, 3.63) is 45.2 Å². The minimum atomic E-state index is -3.05. The summed E-state index contributed by atoms with van der Waals surface area (Å²) in [6, 6.07) is 2.57. The lowest BCUT2D eigenvalue weighted by Crippen LogP contribution is -2.62. The number of aliphatic hydroxyl groups is 2. The van der Waals surface area contributed by atoms with Gasteiger partial charge in [0.1, 0.15) is 17.1 Å². The number of fused-ring (bicyclic) bond motifs is 3. The Bertz CT molecular complexity index is 1280. The Labute approximate surface area is 173 Å². The molecule has 0 radical (unpaired) electrons. The van der Waals surface area contributed by atoms with E-state index in [4.69, 9.17) is 17.3 Å². The molecule has 2 aromatic rings. The second kappa shape index (κ2) is 6.04. The van der Waals surface area contributed by atoms with Gasteiger partial charge in [0.2, 0.25) is 23.0 Å². The third-order valence-electron chi connectivity index (χ3n) is 5.83. The summed E-state index contributed by atoms with van der Waals surface area (Å²) in [4.78, 5) is 50.3. The molecule has 0 bridgehead atoms. The zero-order chi connectivity index (χ0) is 22.3. The van der Waals surface area contributed by atoms with Crippen LogP contribution in [0.15, 0.2) is 23.5 Å². The van der Waals surface area contributed by atoms with Crippen LogP contribution in [0.25, 0.3) is 10.8 Å². The maximum absolute atomic E-state index is 13.3. The molecular weight excluding hydrogens is 418 g/mol. The van der Waals surface area contributed by atoms with E-state index in [2.05, 4.69) is 0 Å². The molecule has 6 N–H and O–H groups in total. The van der Waals surface area contributed by atoms with E-state index >= 15 is 0 Å². The zero-order valence-electron chi connectivity index (χ0n) is 15.3. The third-order valence-corrected chi connectivity index (χ3v) is 6.14. The number of Topliss-reactive ketones (excluding diaryl/α,β-unsaturated/α-hetero) is 3. The molecule has 0 saturated carbocycles. The van der Waals surface area contributed by atoms with E-state index in [0.717, 1.165) is 0 Å². The van der Waals surface area contributed by atoms with E-state index < -0.39 is 69.6 Å². The number of phenolic OH excluding ortho intramolecular Hbond substituents is 2. The zero-order valence-corrected chi connectivity index (χ0v) is 16.1. The van der Waals surface area contributed by atoms with Gasteiger partial charge in [0.25, 0.3) is 5.91 Å². The monoisotopic (exact) mass is 431 g/mol. The van der Waals surface area contributed by atoms with Gasteiger partial charge in [0.05, 0.1) is 16.9 Å². The van der Waals surface area contributed by atoms with Crippen LogP contribution in [0.2, 0.25) is 5.02 Å². The number of aliphatic hydroxyl groups excluding tert-OH is 1. The number of hydrogen-bond donors (Lipinski definition) is 5. The second-order valence-electron chi connectivity index (χ2n) is 7.28. The molecule has 9 nitrogen and oxygen atoms in total. The van der Waals surface area contributed by atoms with Crippen LogP contribution in [0.4, 0.5) is 0 Å². The second-order valence-corrected chi connectivity index (χ2v) is 7.68. The molecule has 4 rings (SSSR count). The number of aryl methyl sites for hydroxylation is 1. The van der Waals surface area contributed by atoms with Gasteiger partial charge in [-0.1, -0.05) is 11.6 Å². The van der Waals surface area contributed by atoms with E-state index in [9.17, 15) is 39.6 Å². The number of carbonyl (C=O) groups excluding carboxylic acids is 4. The topological polar surface area (TPSA) is 175 Å². The number of amides is 1. The molecule has 0 spiro atoms. The first-order valence-corrected chi connectivity index (χ1v) is 9.07. The van der Waals surface area contributed by atoms with Crippen molar-refractivity contribution in [1.82, 2.24) is 0 Å². The van der Waals surface area contributed by atoms with Gasteiger partial charge in [-0.3, -0.25) is 19.2 Å². The number of phenols is 2. The molecule has 1 amide bonds. The summed E-state index contributed by atoms with van der Waals surface area (Å²) < 4.78 is 0. The fourth-order valence-electron chi connectivity index (χ4n) is 4.34. The van der Waals surface area contributed by atoms with Gasteiger partial charge in [0.15, 0.2) is 5.76 Å². The lowest BCUT2D eigenvalue weighted by Gasteiger charge is -2.40. The average Bonchev–Trinajstić information content (AvgIpc) is 2.67. The van der Waals surface area contributed by atoms with Crippen LogP contribution in [0.1, 0.15) is 21.5 Å². The van der Waals surface area contributed by atoms with Crippen molar-refractivity contribution in [2.24, 2.45) is 11.7 Å². The highest BCUT2D eigenvalue weighted by Gasteiger charge is 2.63. The van der Waals surface area contributed by atoms with Gasteiger partial charge < -0.3 is 26.2 Å². The Kier molecular flexibility index (Phi) is 4.00. The van der Waals surface area contributed by atoms with Crippen LogP contribution in [0.3, 0.4) is 0 Å². The van der Waals surface area contributed by atoms with Crippen molar-refractivity contribution in [1.29, 1.82) is 0 Å². The number of primary amides is 1. The highest BCUT2D eigenvalue weighted by Crippen LogP contribution is 2.49. The van der Waals surface area contributed by atoms with E-state index in [-0.39, 0.29) is 21.4 Å². The summed E-state index contributed by atoms with van der Waals surface area (Å²) in [7, 11) is 0. The van der Waals surface area contributed by atoms with Crippen LogP contribution >= 0.6 is 11.6 Å². The first-order chi connectivity index (χ1) is 13.9. The number of aromatic hydroxyl groups is 2. The minimum Gasteiger partial charge on any atom is -0.507 e. The van der Waals surface area contributed by atoms with Crippen LogP contribution in [-0.2, 0) is 20.8 Å². The normalized spacial score (nSPS) is 23.6. The highest BCUT2D eigenvalue weighted by molar-refractivity contribution is 6.39.